The molecule has 3 rings (SSSR count). The van der Waals surface area contributed by atoms with Crippen LogP contribution in [0.2, 0.25) is 0 Å². The van der Waals surface area contributed by atoms with E-state index >= 15 is 0 Å². The Bertz CT molecular complexity index is 1170. The van der Waals surface area contributed by atoms with Crippen molar-refractivity contribution in [3.8, 4) is 0 Å². The second kappa shape index (κ2) is 10.2. The lowest BCUT2D eigenvalue weighted by Gasteiger charge is -2.19. The van der Waals surface area contributed by atoms with Crippen LogP contribution in [0.1, 0.15) is 42.3 Å². The van der Waals surface area contributed by atoms with Gasteiger partial charge in [-0.15, -0.1) is 0 Å². The lowest BCUT2D eigenvalue weighted by Crippen LogP contribution is -2.42. The van der Waals surface area contributed by atoms with E-state index in [4.69, 9.17) is 4.74 Å². The maximum Gasteiger partial charge on any atom is 0.407 e. The molecule has 0 saturated heterocycles. The molecule has 3 aromatic carbocycles. The largest absolute Gasteiger partial charge is 0.480 e. The lowest BCUT2D eigenvalue weighted by atomic mass is 10.0. The van der Waals surface area contributed by atoms with Gasteiger partial charge in [0.25, 0.3) is 5.91 Å². The molecule has 3 aromatic rings. The van der Waals surface area contributed by atoms with Crippen LogP contribution in [0.15, 0.2) is 66.7 Å². The Morgan fingerprint density at radius 2 is 1.64 bits per heavy atom. The van der Waals surface area contributed by atoms with E-state index in [1.54, 1.807) is 45.0 Å². The van der Waals surface area contributed by atoms with E-state index in [9.17, 15) is 19.5 Å². The van der Waals surface area contributed by atoms with Gasteiger partial charge >= 0.3 is 12.1 Å². The van der Waals surface area contributed by atoms with Crippen LogP contribution in [0.4, 0.5) is 4.79 Å². The molecule has 0 aliphatic heterocycles. The molecule has 33 heavy (non-hydrogen) atoms. The summed E-state index contributed by atoms with van der Waals surface area (Å²) in [6, 6.07) is 19.1. The van der Waals surface area contributed by atoms with Crippen molar-refractivity contribution in [2.75, 3.05) is 0 Å². The Hall–Kier alpha value is -3.87. The Kier molecular flexibility index (Phi) is 7.33. The van der Waals surface area contributed by atoms with Gasteiger partial charge in [-0.3, -0.25) is 4.79 Å². The predicted molar refractivity (Wildman–Crippen MR) is 126 cm³/mol. The molecule has 0 aliphatic carbocycles. The first kappa shape index (κ1) is 23.8. The van der Waals surface area contributed by atoms with Crippen molar-refractivity contribution in [3.63, 3.8) is 0 Å². The molecule has 3 N–H and O–H groups in total. The molecule has 0 aliphatic rings. The van der Waals surface area contributed by atoms with Crippen molar-refractivity contribution in [2.45, 2.75) is 45.4 Å². The Morgan fingerprint density at radius 1 is 0.909 bits per heavy atom. The SMILES string of the molecule is CC(C)(C)OC(=O)NCc1cccc(C(=O)N[C@H](Cc2ccc3ccccc3c2)C(=O)O)c1. The van der Waals surface area contributed by atoms with E-state index in [-0.39, 0.29) is 13.0 Å². The molecule has 1 atom stereocenters. The fourth-order valence-electron chi connectivity index (χ4n) is 3.35. The minimum absolute atomic E-state index is 0.159. The zero-order valence-electron chi connectivity index (χ0n) is 18.9. The molecule has 0 aromatic heterocycles. The number of hydrogen-bond acceptors (Lipinski definition) is 4. The maximum absolute atomic E-state index is 12.8. The van der Waals surface area contributed by atoms with E-state index in [0.29, 0.717) is 11.1 Å². The zero-order valence-corrected chi connectivity index (χ0v) is 18.9. The monoisotopic (exact) mass is 448 g/mol. The van der Waals surface area contributed by atoms with Crippen LogP contribution < -0.4 is 10.6 Å². The molecule has 7 nitrogen and oxygen atoms in total. The quantitative estimate of drug-likeness (QED) is 0.500. The van der Waals surface area contributed by atoms with E-state index in [2.05, 4.69) is 10.6 Å². The summed E-state index contributed by atoms with van der Waals surface area (Å²) in [4.78, 5) is 36.4. The molecule has 0 bridgehead atoms. The second-order valence-electron chi connectivity index (χ2n) is 8.81. The number of hydrogen-bond donors (Lipinski definition) is 3. The zero-order chi connectivity index (χ0) is 24.0. The molecule has 172 valence electrons. The topological polar surface area (TPSA) is 105 Å². The molecular weight excluding hydrogens is 420 g/mol. The van der Waals surface area contributed by atoms with Crippen LogP contribution in [0.5, 0.6) is 0 Å². The van der Waals surface area contributed by atoms with Crippen LogP contribution in [0.25, 0.3) is 10.8 Å². The van der Waals surface area contributed by atoms with Crippen molar-refractivity contribution in [1.29, 1.82) is 0 Å². The van der Waals surface area contributed by atoms with Crippen molar-refractivity contribution < 1.29 is 24.2 Å². The van der Waals surface area contributed by atoms with Crippen LogP contribution in [-0.4, -0.2) is 34.7 Å². The summed E-state index contributed by atoms with van der Waals surface area (Å²) in [5.41, 5.74) is 1.21. The molecule has 0 saturated carbocycles. The number of carbonyl (C=O) groups excluding carboxylic acids is 2. The normalized spacial score (nSPS) is 12.1. The summed E-state index contributed by atoms with van der Waals surface area (Å²) in [6.45, 7) is 5.49. The van der Waals surface area contributed by atoms with Gasteiger partial charge in [0.2, 0.25) is 0 Å². The molecule has 2 amide bonds. The molecule has 0 radical (unpaired) electrons. The lowest BCUT2D eigenvalue weighted by molar-refractivity contribution is -0.139. The maximum atomic E-state index is 12.8. The summed E-state index contributed by atoms with van der Waals surface area (Å²) in [5.74, 6) is -1.61. The van der Waals surface area contributed by atoms with Gasteiger partial charge in [0.05, 0.1) is 0 Å². The Balaban J connectivity index is 1.65. The van der Waals surface area contributed by atoms with Crippen molar-refractivity contribution in [1.82, 2.24) is 10.6 Å². The molecular formula is C26H28N2O5. The van der Waals surface area contributed by atoms with Gasteiger partial charge < -0.3 is 20.5 Å². The average molecular weight is 449 g/mol. The van der Waals surface area contributed by atoms with Crippen LogP contribution >= 0.6 is 0 Å². The predicted octanol–water partition coefficient (Wildman–Crippen LogP) is 4.29. The molecule has 0 fully saturated rings. The minimum atomic E-state index is -1.11. The van der Waals surface area contributed by atoms with Gasteiger partial charge in [0.15, 0.2) is 0 Å². The first-order valence-corrected chi connectivity index (χ1v) is 10.7. The number of aliphatic carboxylic acids is 1. The van der Waals surface area contributed by atoms with E-state index in [1.807, 2.05) is 42.5 Å². The Labute approximate surface area is 192 Å². The van der Waals surface area contributed by atoms with E-state index in [1.165, 1.54) is 0 Å². The van der Waals surface area contributed by atoms with Crippen LogP contribution in [0.3, 0.4) is 0 Å². The molecule has 0 heterocycles. The number of ether oxygens (including phenoxy) is 1. The molecule has 7 heteroatoms. The van der Waals surface area contributed by atoms with Crippen molar-refractivity contribution in [2.24, 2.45) is 0 Å². The number of carbonyl (C=O) groups is 3. The van der Waals surface area contributed by atoms with Crippen LogP contribution in [-0.2, 0) is 22.5 Å². The van der Waals surface area contributed by atoms with Crippen molar-refractivity contribution in [3.05, 3.63) is 83.4 Å². The smallest absolute Gasteiger partial charge is 0.407 e. The van der Waals surface area contributed by atoms with Crippen LogP contribution in [0, 0.1) is 0 Å². The number of rotatable bonds is 7. The highest BCUT2D eigenvalue weighted by Crippen LogP contribution is 2.17. The minimum Gasteiger partial charge on any atom is -0.480 e. The highest BCUT2D eigenvalue weighted by atomic mass is 16.6. The summed E-state index contributed by atoms with van der Waals surface area (Å²) < 4.78 is 5.20. The van der Waals surface area contributed by atoms with E-state index in [0.717, 1.165) is 16.3 Å². The Morgan fingerprint density at radius 3 is 2.33 bits per heavy atom. The number of carboxylic acid groups (broad SMARTS) is 1. The highest BCUT2D eigenvalue weighted by molar-refractivity contribution is 5.96. The fraction of sp³-hybridized carbons (Fsp3) is 0.269. The summed E-state index contributed by atoms with van der Waals surface area (Å²) in [7, 11) is 0. The number of benzene rings is 3. The number of nitrogens with one attached hydrogen (secondary N) is 2. The van der Waals surface area contributed by atoms with Gasteiger partial charge in [-0.2, -0.15) is 0 Å². The highest BCUT2D eigenvalue weighted by Gasteiger charge is 2.22. The number of alkyl carbamates (subject to hydrolysis) is 1. The number of fused-ring (bicyclic) bond motifs is 1. The second-order valence-corrected chi connectivity index (χ2v) is 8.81. The number of amides is 2. The average Bonchev–Trinajstić information content (AvgIpc) is 2.76. The third-order valence-electron chi connectivity index (χ3n) is 4.88. The van der Waals surface area contributed by atoms with Gasteiger partial charge in [-0.1, -0.05) is 54.6 Å². The summed E-state index contributed by atoms with van der Waals surface area (Å²) in [6.07, 6.45) is -0.398. The van der Waals surface area contributed by atoms with Gasteiger partial charge in [0, 0.05) is 18.5 Å². The first-order valence-electron chi connectivity index (χ1n) is 10.7. The van der Waals surface area contributed by atoms with Crippen molar-refractivity contribution >= 4 is 28.7 Å². The van der Waals surface area contributed by atoms with Gasteiger partial charge in [-0.25, -0.2) is 9.59 Å². The fourth-order valence-corrected chi connectivity index (χ4v) is 3.35. The molecule has 0 unspecified atom stereocenters. The third kappa shape index (κ3) is 7.07. The van der Waals surface area contributed by atoms with Gasteiger partial charge in [-0.05, 0) is 54.8 Å². The molecule has 0 spiro atoms. The first-order chi connectivity index (χ1) is 15.6. The van der Waals surface area contributed by atoms with Gasteiger partial charge in [0.1, 0.15) is 11.6 Å². The van der Waals surface area contributed by atoms with E-state index < -0.39 is 29.6 Å². The standard InChI is InChI=1S/C26H28N2O5/c1-26(2,3)33-25(32)27-16-18-7-6-10-21(14-18)23(29)28-22(24(30)31)15-17-11-12-19-8-4-5-9-20(19)13-17/h4-14,22H,15-16H2,1-3H3,(H,27,32)(H,28,29)(H,30,31)/t22-/m1/s1. The summed E-state index contributed by atoms with van der Waals surface area (Å²) >= 11 is 0. The summed E-state index contributed by atoms with van der Waals surface area (Å²) in [5, 5.41) is 17.0. The third-order valence-corrected chi connectivity index (χ3v) is 4.88. The number of carboxylic acids is 1.